The maximum Gasteiger partial charge on any atom is 0.220 e. The van der Waals surface area contributed by atoms with Crippen LogP contribution in [0.15, 0.2) is 36.4 Å². The van der Waals surface area contributed by atoms with Crippen molar-refractivity contribution in [3.63, 3.8) is 0 Å². The molecule has 2 aromatic rings. The van der Waals surface area contributed by atoms with E-state index < -0.39 is 34.4 Å². The van der Waals surface area contributed by atoms with Crippen LogP contribution in [0.2, 0.25) is 0 Å². The van der Waals surface area contributed by atoms with E-state index in [4.69, 9.17) is 0 Å². The molecule has 33 heavy (non-hydrogen) atoms. The Labute approximate surface area is 194 Å². The van der Waals surface area contributed by atoms with Crippen molar-refractivity contribution in [2.24, 2.45) is 0 Å². The van der Waals surface area contributed by atoms with E-state index >= 15 is 0 Å². The summed E-state index contributed by atoms with van der Waals surface area (Å²) in [6.45, 7) is 3.76. The first-order valence-electron chi connectivity index (χ1n) is 11.1. The van der Waals surface area contributed by atoms with E-state index in [-0.39, 0.29) is 42.8 Å². The lowest BCUT2D eigenvalue weighted by Gasteiger charge is -2.42. The molecular weight excluding hydrogens is 450 g/mol. The SMILES string of the molecule is CCC(=O)N[C@@H](Cc1cc(F)cc(F)c1)[C@@H](O)CN[C@H]1CS(O)(O)Cc2ccc(CC)cc21. The molecule has 9 heteroatoms. The summed E-state index contributed by atoms with van der Waals surface area (Å²) in [5.74, 6) is -1.42. The highest BCUT2D eigenvalue weighted by atomic mass is 32.3. The van der Waals surface area contributed by atoms with E-state index in [9.17, 15) is 27.8 Å². The quantitative estimate of drug-likeness (QED) is 0.373. The first kappa shape index (κ1) is 25.6. The van der Waals surface area contributed by atoms with Crippen molar-refractivity contribution < 1.29 is 27.8 Å². The van der Waals surface area contributed by atoms with Gasteiger partial charge in [0.25, 0.3) is 0 Å². The number of carbonyl (C=O) groups excluding carboxylic acids is 1. The third-order valence-electron chi connectivity index (χ3n) is 5.90. The first-order valence-corrected chi connectivity index (χ1v) is 13.0. The van der Waals surface area contributed by atoms with Crippen LogP contribution in [0.5, 0.6) is 0 Å². The molecule has 0 aromatic heterocycles. The summed E-state index contributed by atoms with van der Waals surface area (Å²) >= 11 is 0. The molecule has 3 rings (SSSR count). The summed E-state index contributed by atoms with van der Waals surface area (Å²) in [6.07, 6.45) is 0.00648. The number of carbonyl (C=O) groups is 1. The zero-order valence-corrected chi connectivity index (χ0v) is 19.7. The fourth-order valence-electron chi connectivity index (χ4n) is 4.13. The van der Waals surface area contributed by atoms with Gasteiger partial charge in [-0.25, -0.2) is 8.78 Å². The fraction of sp³-hybridized carbons (Fsp3) is 0.458. The van der Waals surface area contributed by atoms with Crippen LogP contribution in [0.4, 0.5) is 8.78 Å². The van der Waals surface area contributed by atoms with E-state index in [2.05, 4.69) is 10.6 Å². The molecule has 1 heterocycles. The molecule has 0 saturated heterocycles. The van der Waals surface area contributed by atoms with Crippen molar-refractivity contribution in [3.05, 3.63) is 70.3 Å². The van der Waals surface area contributed by atoms with Crippen molar-refractivity contribution >= 4 is 16.5 Å². The number of rotatable bonds is 9. The van der Waals surface area contributed by atoms with Gasteiger partial charge in [-0.2, -0.15) is 10.6 Å². The number of benzene rings is 2. The molecule has 0 spiro atoms. The van der Waals surface area contributed by atoms with Gasteiger partial charge in [-0.05, 0) is 47.2 Å². The summed E-state index contributed by atoms with van der Waals surface area (Å²) in [6, 6.07) is 7.88. The summed E-state index contributed by atoms with van der Waals surface area (Å²) in [7, 11) is -2.81. The minimum absolute atomic E-state index is 0.0414. The molecule has 6 nitrogen and oxygen atoms in total. The van der Waals surface area contributed by atoms with Gasteiger partial charge in [-0.3, -0.25) is 13.9 Å². The van der Waals surface area contributed by atoms with Crippen molar-refractivity contribution in [1.82, 2.24) is 10.6 Å². The number of amides is 1. The minimum atomic E-state index is -2.81. The van der Waals surface area contributed by atoms with E-state index in [0.717, 1.165) is 29.2 Å². The Morgan fingerprint density at radius 1 is 1.12 bits per heavy atom. The van der Waals surface area contributed by atoms with Gasteiger partial charge < -0.3 is 15.7 Å². The van der Waals surface area contributed by atoms with E-state index in [1.165, 1.54) is 12.1 Å². The normalized spacial score (nSPS) is 19.9. The second-order valence-electron chi connectivity index (χ2n) is 8.54. The largest absolute Gasteiger partial charge is 0.390 e. The Morgan fingerprint density at radius 3 is 2.45 bits per heavy atom. The molecule has 1 aliphatic heterocycles. The molecule has 0 fully saturated rings. The molecule has 0 aliphatic carbocycles. The summed E-state index contributed by atoms with van der Waals surface area (Å²) < 4.78 is 48.1. The summed E-state index contributed by atoms with van der Waals surface area (Å²) in [5.41, 5.74) is 3.27. The van der Waals surface area contributed by atoms with Gasteiger partial charge in [0.15, 0.2) is 0 Å². The molecule has 5 N–H and O–H groups in total. The van der Waals surface area contributed by atoms with Crippen LogP contribution in [0.3, 0.4) is 0 Å². The average molecular weight is 483 g/mol. The second-order valence-corrected chi connectivity index (χ2v) is 10.8. The van der Waals surface area contributed by atoms with Crippen molar-refractivity contribution in [3.8, 4) is 0 Å². The van der Waals surface area contributed by atoms with Crippen LogP contribution in [0, 0.1) is 11.6 Å². The monoisotopic (exact) mass is 482 g/mol. The number of aliphatic hydroxyl groups is 1. The summed E-state index contributed by atoms with van der Waals surface area (Å²) in [4.78, 5) is 12.0. The lowest BCUT2D eigenvalue weighted by Crippen LogP contribution is -2.49. The van der Waals surface area contributed by atoms with Gasteiger partial charge in [0.05, 0.1) is 29.7 Å². The number of halogens is 2. The molecule has 182 valence electrons. The molecule has 3 atom stereocenters. The Kier molecular flexibility index (Phi) is 8.47. The van der Waals surface area contributed by atoms with Gasteiger partial charge in [0.2, 0.25) is 5.91 Å². The topological polar surface area (TPSA) is 102 Å². The minimum Gasteiger partial charge on any atom is -0.390 e. The Morgan fingerprint density at radius 2 is 1.82 bits per heavy atom. The van der Waals surface area contributed by atoms with E-state index in [0.29, 0.717) is 5.56 Å². The predicted octanol–water partition coefficient (Wildman–Crippen LogP) is 3.92. The van der Waals surface area contributed by atoms with Crippen molar-refractivity contribution in [2.45, 2.75) is 57.1 Å². The Hall–Kier alpha value is -2.04. The standard InChI is InChI=1S/C24H32F2N2O4S/c1-3-15-5-6-17-13-33(31,32)14-22(20(17)9-15)27-12-23(29)21(28-24(30)4-2)10-16-7-18(25)11-19(26)8-16/h5-9,11,21-23,27,29,31-32H,3-4,10,12-14H2,1-2H3,(H,28,30)/t21-,22-,23-/m0/s1. The van der Waals surface area contributed by atoms with Crippen LogP contribution in [0.1, 0.15) is 48.6 Å². The highest BCUT2D eigenvalue weighted by Gasteiger charge is 2.31. The second kappa shape index (κ2) is 10.9. The van der Waals surface area contributed by atoms with Crippen LogP contribution in [-0.4, -0.2) is 44.6 Å². The highest BCUT2D eigenvalue weighted by molar-refractivity contribution is 8.23. The number of nitrogens with one attached hydrogen (secondary N) is 2. The molecule has 0 unspecified atom stereocenters. The van der Waals surface area contributed by atoms with Gasteiger partial charge in [0.1, 0.15) is 11.6 Å². The molecular formula is C24H32F2N2O4S. The van der Waals surface area contributed by atoms with Crippen LogP contribution < -0.4 is 10.6 Å². The lowest BCUT2D eigenvalue weighted by atomic mass is 9.97. The van der Waals surface area contributed by atoms with Gasteiger partial charge in [-0.1, -0.05) is 32.0 Å². The molecule has 1 amide bonds. The highest BCUT2D eigenvalue weighted by Crippen LogP contribution is 2.50. The fourth-order valence-corrected chi connectivity index (χ4v) is 5.84. The number of aryl methyl sites for hydroxylation is 1. The van der Waals surface area contributed by atoms with Crippen LogP contribution in [-0.2, 0) is 23.4 Å². The molecule has 1 aliphatic rings. The van der Waals surface area contributed by atoms with Crippen LogP contribution >= 0.6 is 10.6 Å². The maximum absolute atomic E-state index is 13.6. The average Bonchev–Trinajstić information content (AvgIpc) is 2.75. The zero-order valence-electron chi connectivity index (χ0n) is 18.9. The number of aliphatic hydroxyl groups excluding tert-OH is 1. The van der Waals surface area contributed by atoms with E-state index in [1.807, 2.05) is 25.1 Å². The molecule has 0 bridgehead atoms. The molecule has 0 radical (unpaired) electrons. The van der Waals surface area contributed by atoms with Crippen LogP contribution in [0.25, 0.3) is 0 Å². The number of fused-ring (bicyclic) bond motifs is 1. The first-order chi connectivity index (χ1) is 15.6. The third-order valence-corrected chi connectivity index (χ3v) is 7.54. The van der Waals surface area contributed by atoms with E-state index in [1.54, 1.807) is 6.92 Å². The van der Waals surface area contributed by atoms with Crippen molar-refractivity contribution in [2.75, 3.05) is 12.3 Å². The summed E-state index contributed by atoms with van der Waals surface area (Å²) in [5, 5.41) is 16.8. The predicted molar refractivity (Wildman–Crippen MR) is 126 cm³/mol. The third kappa shape index (κ3) is 6.97. The van der Waals surface area contributed by atoms with Gasteiger partial charge in [-0.15, -0.1) is 0 Å². The molecule has 0 saturated carbocycles. The smallest absolute Gasteiger partial charge is 0.220 e. The lowest BCUT2D eigenvalue weighted by molar-refractivity contribution is -0.122. The number of hydrogen-bond donors (Lipinski definition) is 5. The molecule has 2 aromatic carbocycles. The zero-order chi connectivity index (χ0) is 24.2. The van der Waals surface area contributed by atoms with Gasteiger partial charge >= 0.3 is 0 Å². The Balaban J connectivity index is 1.76. The number of hydrogen-bond acceptors (Lipinski definition) is 5. The van der Waals surface area contributed by atoms with Gasteiger partial charge in [0, 0.05) is 19.0 Å². The van der Waals surface area contributed by atoms with Crippen molar-refractivity contribution in [1.29, 1.82) is 0 Å². The Bertz CT molecular complexity index is 969. The maximum atomic E-state index is 13.6.